The Morgan fingerprint density at radius 3 is 2.88 bits per heavy atom. The normalized spacial score (nSPS) is 14.6. The minimum absolute atomic E-state index is 0.375. The lowest BCUT2D eigenvalue weighted by atomic mass is 9.96. The fourth-order valence-electron chi connectivity index (χ4n) is 2.09. The van der Waals surface area contributed by atoms with Crippen LogP contribution in [0.5, 0.6) is 0 Å². The van der Waals surface area contributed by atoms with Crippen molar-refractivity contribution in [1.82, 2.24) is 9.97 Å². The minimum atomic E-state index is 0.375. The number of nitrogens with zero attached hydrogens (tertiary/aromatic N) is 2. The van der Waals surface area contributed by atoms with E-state index in [0.29, 0.717) is 5.28 Å². The maximum atomic E-state index is 5.93. The van der Waals surface area contributed by atoms with Crippen LogP contribution in [0.2, 0.25) is 5.28 Å². The molecule has 0 fully saturated rings. The molecule has 88 valence electrons. The Kier molecular flexibility index (Phi) is 3.99. The van der Waals surface area contributed by atoms with Crippen molar-refractivity contribution in [1.29, 1.82) is 0 Å². The van der Waals surface area contributed by atoms with Gasteiger partial charge in [-0.2, -0.15) is 0 Å². The van der Waals surface area contributed by atoms with E-state index in [9.17, 15) is 0 Å². The summed E-state index contributed by atoms with van der Waals surface area (Å²) in [5.41, 5.74) is 2.43. The van der Waals surface area contributed by atoms with E-state index < -0.39 is 0 Å². The van der Waals surface area contributed by atoms with Gasteiger partial charge >= 0.3 is 0 Å². The number of rotatable bonds is 4. The monoisotopic (exact) mass is 239 g/mol. The first-order valence-corrected chi connectivity index (χ1v) is 6.48. The molecule has 1 aromatic rings. The first-order chi connectivity index (χ1) is 7.81. The molecule has 0 bridgehead atoms. The predicted octanol–water partition coefficient (Wildman–Crippen LogP) is 3.22. The van der Waals surface area contributed by atoms with Gasteiger partial charge < -0.3 is 5.32 Å². The highest BCUT2D eigenvalue weighted by molar-refractivity contribution is 6.28. The molecule has 1 N–H and O–H groups in total. The fourth-order valence-corrected chi connectivity index (χ4v) is 2.28. The van der Waals surface area contributed by atoms with Crippen molar-refractivity contribution in [2.45, 2.75) is 45.4 Å². The van der Waals surface area contributed by atoms with E-state index in [0.717, 1.165) is 37.3 Å². The fraction of sp³-hybridized carbons (Fsp3) is 0.667. The molecule has 2 rings (SSSR count). The molecule has 16 heavy (non-hydrogen) atoms. The van der Waals surface area contributed by atoms with Crippen molar-refractivity contribution in [2.75, 3.05) is 11.9 Å². The summed E-state index contributed by atoms with van der Waals surface area (Å²) >= 11 is 5.93. The lowest BCUT2D eigenvalue weighted by Crippen LogP contribution is -2.13. The third kappa shape index (κ3) is 2.64. The van der Waals surface area contributed by atoms with Gasteiger partial charge in [0.1, 0.15) is 5.82 Å². The average molecular weight is 240 g/mol. The van der Waals surface area contributed by atoms with Gasteiger partial charge in [-0.3, -0.25) is 0 Å². The molecule has 1 heterocycles. The van der Waals surface area contributed by atoms with E-state index in [1.807, 2.05) is 0 Å². The van der Waals surface area contributed by atoms with Crippen LogP contribution >= 0.6 is 11.6 Å². The highest BCUT2D eigenvalue weighted by atomic mass is 35.5. The number of halogens is 1. The molecule has 0 amide bonds. The Hall–Kier alpha value is -0.830. The number of aryl methyl sites for hydroxylation is 1. The van der Waals surface area contributed by atoms with Crippen LogP contribution in [-0.4, -0.2) is 16.5 Å². The van der Waals surface area contributed by atoms with E-state index in [1.165, 1.54) is 24.8 Å². The standard InChI is InChI=1S/C12H18ClN3/c1-2-3-8-14-11-9-6-4-5-7-10(9)15-12(13)16-11/h2-8H2,1H3,(H,14,15,16). The summed E-state index contributed by atoms with van der Waals surface area (Å²) in [6, 6.07) is 0. The van der Waals surface area contributed by atoms with Gasteiger partial charge in [0.15, 0.2) is 0 Å². The zero-order chi connectivity index (χ0) is 11.4. The van der Waals surface area contributed by atoms with Crippen molar-refractivity contribution < 1.29 is 0 Å². The molecule has 0 spiro atoms. The van der Waals surface area contributed by atoms with Crippen LogP contribution in [-0.2, 0) is 12.8 Å². The molecule has 1 aromatic heterocycles. The number of hydrogen-bond acceptors (Lipinski definition) is 3. The summed E-state index contributed by atoms with van der Waals surface area (Å²) in [6.45, 7) is 3.15. The molecule has 1 aliphatic rings. The zero-order valence-corrected chi connectivity index (χ0v) is 10.5. The average Bonchev–Trinajstić information content (AvgIpc) is 2.29. The molecule has 0 saturated carbocycles. The highest BCUT2D eigenvalue weighted by Crippen LogP contribution is 2.26. The number of fused-ring (bicyclic) bond motifs is 1. The quantitative estimate of drug-likeness (QED) is 0.648. The highest BCUT2D eigenvalue weighted by Gasteiger charge is 2.16. The third-order valence-corrected chi connectivity index (χ3v) is 3.15. The van der Waals surface area contributed by atoms with Gasteiger partial charge in [-0.25, -0.2) is 9.97 Å². The molecular formula is C12H18ClN3. The van der Waals surface area contributed by atoms with E-state index in [4.69, 9.17) is 11.6 Å². The number of hydrogen-bond donors (Lipinski definition) is 1. The number of nitrogens with one attached hydrogen (secondary N) is 1. The Balaban J connectivity index is 2.18. The number of anilines is 1. The van der Waals surface area contributed by atoms with Gasteiger partial charge in [0, 0.05) is 12.1 Å². The summed E-state index contributed by atoms with van der Waals surface area (Å²) in [7, 11) is 0. The lowest BCUT2D eigenvalue weighted by Gasteiger charge is -2.18. The van der Waals surface area contributed by atoms with Crippen LogP contribution in [0.3, 0.4) is 0 Å². The van der Waals surface area contributed by atoms with Crippen LogP contribution < -0.4 is 5.32 Å². The van der Waals surface area contributed by atoms with E-state index >= 15 is 0 Å². The molecule has 0 aromatic carbocycles. The Morgan fingerprint density at radius 2 is 2.06 bits per heavy atom. The van der Waals surface area contributed by atoms with Crippen LogP contribution in [0.1, 0.15) is 43.9 Å². The van der Waals surface area contributed by atoms with Gasteiger partial charge in [-0.05, 0) is 43.7 Å². The van der Waals surface area contributed by atoms with Crippen molar-refractivity contribution in [3.63, 3.8) is 0 Å². The second-order valence-electron chi connectivity index (χ2n) is 4.25. The molecule has 0 saturated heterocycles. The van der Waals surface area contributed by atoms with Crippen molar-refractivity contribution in [2.24, 2.45) is 0 Å². The zero-order valence-electron chi connectivity index (χ0n) is 9.72. The van der Waals surface area contributed by atoms with Crippen molar-refractivity contribution in [3.05, 3.63) is 16.5 Å². The van der Waals surface area contributed by atoms with Crippen LogP contribution in [0.4, 0.5) is 5.82 Å². The summed E-state index contributed by atoms with van der Waals surface area (Å²) < 4.78 is 0. The van der Waals surface area contributed by atoms with Crippen LogP contribution in [0.15, 0.2) is 0 Å². The predicted molar refractivity (Wildman–Crippen MR) is 67.1 cm³/mol. The van der Waals surface area contributed by atoms with Gasteiger partial charge in [0.05, 0.1) is 5.69 Å². The van der Waals surface area contributed by atoms with Gasteiger partial charge in [0.25, 0.3) is 0 Å². The molecule has 0 radical (unpaired) electrons. The summed E-state index contributed by atoms with van der Waals surface area (Å²) in [6.07, 6.45) is 6.93. The maximum absolute atomic E-state index is 5.93. The first kappa shape index (κ1) is 11.6. The van der Waals surface area contributed by atoms with E-state index in [2.05, 4.69) is 22.2 Å². The molecule has 1 aliphatic carbocycles. The SMILES string of the molecule is CCCCNc1nc(Cl)nc2c1CCCC2. The third-order valence-electron chi connectivity index (χ3n) is 2.98. The Morgan fingerprint density at radius 1 is 1.25 bits per heavy atom. The van der Waals surface area contributed by atoms with Crippen molar-refractivity contribution >= 4 is 17.4 Å². The van der Waals surface area contributed by atoms with Gasteiger partial charge in [0.2, 0.25) is 5.28 Å². The van der Waals surface area contributed by atoms with Crippen LogP contribution in [0, 0.1) is 0 Å². The molecule has 0 atom stereocenters. The summed E-state index contributed by atoms with van der Waals surface area (Å²) in [5.74, 6) is 0.961. The second-order valence-corrected chi connectivity index (χ2v) is 4.59. The largest absolute Gasteiger partial charge is 0.370 e. The Labute approximate surface area is 102 Å². The minimum Gasteiger partial charge on any atom is -0.370 e. The number of aromatic nitrogens is 2. The second kappa shape index (κ2) is 5.48. The molecule has 0 aliphatic heterocycles. The van der Waals surface area contributed by atoms with E-state index in [-0.39, 0.29) is 0 Å². The molecular weight excluding hydrogens is 222 g/mol. The smallest absolute Gasteiger partial charge is 0.224 e. The van der Waals surface area contributed by atoms with Gasteiger partial charge in [-0.15, -0.1) is 0 Å². The van der Waals surface area contributed by atoms with Gasteiger partial charge in [-0.1, -0.05) is 13.3 Å². The summed E-state index contributed by atoms with van der Waals surface area (Å²) in [4.78, 5) is 8.62. The van der Waals surface area contributed by atoms with Crippen molar-refractivity contribution in [3.8, 4) is 0 Å². The first-order valence-electron chi connectivity index (χ1n) is 6.10. The molecule has 4 heteroatoms. The maximum Gasteiger partial charge on any atom is 0.224 e. The van der Waals surface area contributed by atoms with Crippen LogP contribution in [0.25, 0.3) is 0 Å². The summed E-state index contributed by atoms with van der Waals surface area (Å²) in [5, 5.41) is 3.75. The molecule has 3 nitrogen and oxygen atoms in total. The Bertz CT molecular complexity index is 366. The topological polar surface area (TPSA) is 37.8 Å². The van der Waals surface area contributed by atoms with E-state index in [1.54, 1.807) is 0 Å². The molecule has 0 unspecified atom stereocenters. The lowest BCUT2D eigenvalue weighted by molar-refractivity contribution is 0.662. The number of unbranched alkanes of at least 4 members (excludes halogenated alkanes) is 1.